The summed E-state index contributed by atoms with van der Waals surface area (Å²) in [6, 6.07) is 12.2. The second kappa shape index (κ2) is 33.4. The van der Waals surface area contributed by atoms with E-state index in [0.29, 0.717) is 12.2 Å². The van der Waals surface area contributed by atoms with Gasteiger partial charge >= 0.3 is 5.97 Å². The van der Waals surface area contributed by atoms with E-state index in [0.717, 1.165) is 24.9 Å². The van der Waals surface area contributed by atoms with Crippen molar-refractivity contribution in [3.05, 3.63) is 59.9 Å². The van der Waals surface area contributed by atoms with Gasteiger partial charge in [0.15, 0.2) is 12.4 Å². The Bertz CT molecular complexity index is 1070. The number of benzene rings is 1. The molecule has 0 aliphatic heterocycles. The maximum Gasteiger partial charge on any atom is 0.311 e. The predicted molar refractivity (Wildman–Crippen MR) is 222 cm³/mol. The molecule has 288 valence electrons. The molecule has 3 nitrogen and oxygen atoms in total. The second-order valence-corrected chi connectivity index (χ2v) is 15.4. The lowest BCUT2D eigenvalue weighted by atomic mass is 10.0. The largest absolute Gasteiger partial charge is 0.427 e. The van der Waals surface area contributed by atoms with Gasteiger partial charge < -0.3 is 4.74 Å². The number of unbranched alkanes of at least 4 members (excludes halogenated alkanes) is 28. The Morgan fingerprint density at radius 2 is 0.784 bits per heavy atom. The first kappa shape index (κ1) is 44.7. The van der Waals surface area contributed by atoms with E-state index < -0.39 is 0 Å². The second-order valence-electron chi connectivity index (χ2n) is 15.4. The van der Waals surface area contributed by atoms with Gasteiger partial charge in [0.05, 0.1) is 0 Å². The summed E-state index contributed by atoms with van der Waals surface area (Å²) in [7, 11) is 0. The number of aromatic nitrogens is 1. The molecule has 0 saturated heterocycles. The molecule has 1 aromatic carbocycles. The molecule has 3 heteroatoms. The van der Waals surface area contributed by atoms with E-state index in [2.05, 4.69) is 55.1 Å². The van der Waals surface area contributed by atoms with Crippen LogP contribution in [0.25, 0.3) is 12.2 Å². The van der Waals surface area contributed by atoms with Crippen LogP contribution in [0, 0.1) is 0 Å². The maximum atomic E-state index is 12.3. The van der Waals surface area contributed by atoms with E-state index in [9.17, 15) is 4.79 Å². The fourth-order valence-electron chi connectivity index (χ4n) is 7.06. The molecule has 2 aromatic rings. The van der Waals surface area contributed by atoms with Crippen molar-refractivity contribution in [2.75, 3.05) is 0 Å². The molecule has 0 atom stereocenters. The van der Waals surface area contributed by atoms with Crippen molar-refractivity contribution in [1.82, 2.24) is 0 Å². The Hall–Kier alpha value is -2.42. The number of rotatable bonds is 35. The van der Waals surface area contributed by atoms with Crippen molar-refractivity contribution in [2.24, 2.45) is 0 Å². The van der Waals surface area contributed by atoms with Gasteiger partial charge in [0, 0.05) is 25.0 Å². The molecular weight excluding hydrogens is 623 g/mol. The smallest absolute Gasteiger partial charge is 0.311 e. The minimum Gasteiger partial charge on any atom is -0.427 e. The lowest BCUT2D eigenvalue weighted by Gasteiger charge is -2.05. The molecule has 0 amide bonds. The van der Waals surface area contributed by atoms with Crippen molar-refractivity contribution in [3.8, 4) is 5.75 Å². The van der Waals surface area contributed by atoms with Crippen molar-refractivity contribution >= 4 is 18.1 Å². The molecule has 0 N–H and O–H groups in total. The summed E-state index contributed by atoms with van der Waals surface area (Å²) < 4.78 is 7.88. The van der Waals surface area contributed by atoms with Crippen LogP contribution >= 0.6 is 0 Å². The van der Waals surface area contributed by atoms with Gasteiger partial charge in [-0.15, -0.1) is 0 Å². The molecule has 0 radical (unpaired) electrons. The van der Waals surface area contributed by atoms with Gasteiger partial charge in [-0.05, 0) is 36.1 Å². The predicted octanol–water partition coefficient (Wildman–Crippen LogP) is 15.2. The molecule has 0 bridgehead atoms. The number of aryl methyl sites for hydroxylation is 1. The van der Waals surface area contributed by atoms with Crippen molar-refractivity contribution in [3.63, 3.8) is 0 Å². The Kier molecular flexibility index (Phi) is 29.3. The number of hydrogen-bond donors (Lipinski definition) is 0. The van der Waals surface area contributed by atoms with E-state index in [1.165, 1.54) is 185 Å². The summed E-state index contributed by atoms with van der Waals surface area (Å²) in [6.07, 6.45) is 50.3. The lowest BCUT2D eigenvalue weighted by molar-refractivity contribution is -0.697. The summed E-state index contributed by atoms with van der Waals surface area (Å²) in [6.45, 7) is 5.66. The summed E-state index contributed by atoms with van der Waals surface area (Å²) in [5.74, 6) is 0.515. The number of carbonyl (C=O) groups is 1. The average Bonchev–Trinajstić information content (AvgIpc) is 3.15. The van der Waals surface area contributed by atoms with E-state index in [4.69, 9.17) is 4.74 Å². The van der Waals surface area contributed by atoms with E-state index in [1.807, 2.05) is 24.3 Å². The quantitative estimate of drug-likeness (QED) is 0.0310. The minimum absolute atomic E-state index is 0.120. The molecule has 0 aliphatic carbocycles. The fraction of sp³-hybridized carbons (Fsp3) is 0.708. The normalized spacial score (nSPS) is 11.5. The van der Waals surface area contributed by atoms with E-state index >= 15 is 0 Å². The first-order valence-electron chi connectivity index (χ1n) is 22.2. The zero-order valence-electron chi connectivity index (χ0n) is 33.7. The van der Waals surface area contributed by atoms with Gasteiger partial charge in [-0.25, -0.2) is 4.57 Å². The standard InChI is InChI=1S/C48H80NO2/c1-3-5-7-9-11-13-15-16-17-18-19-20-21-22-23-24-26-28-30-32-42-49-43-40-46(41-44-49)35-34-45-36-38-47(39-37-45)51-48(50)33-31-29-27-25-14-12-10-8-6-4-2/h34-41,43-44H,3-33,42H2,1-2H3/q+1. The van der Waals surface area contributed by atoms with Crippen LogP contribution in [0.15, 0.2) is 48.8 Å². The van der Waals surface area contributed by atoms with Crippen molar-refractivity contribution < 1.29 is 14.1 Å². The summed E-state index contributed by atoms with van der Waals surface area (Å²) in [5, 5.41) is 0. The third-order valence-electron chi connectivity index (χ3n) is 10.5. The number of pyridine rings is 1. The maximum absolute atomic E-state index is 12.3. The van der Waals surface area contributed by atoms with Crippen LogP contribution in [0.5, 0.6) is 5.75 Å². The van der Waals surface area contributed by atoms with E-state index in [1.54, 1.807) is 0 Å². The Labute approximate surface area is 316 Å². The number of esters is 1. The van der Waals surface area contributed by atoms with Gasteiger partial charge in [-0.3, -0.25) is 4.79 Å². The van der Waals surface area contributed by atoms with Crippen LogP contribution in [0.3, 0.4) is 0 Å². The van der Waals surface area contributed by atoms with Crippen molar-refractivity contribution in [1.29, 1.82) is 0 Å². The van der Waals surface area contributed by atoms with Gasteiger partial charge in [-0.1, -0.05) is 211 Å². The summed E-state index contributed by atoms with van der Waals surface area (Å²) in [4.78, 5) is 12.3. The molecule has 0 aliphatic rings. The number of hydrogen-bond acceptors (Lipinski definition) is 2. The summed E-state index contributed by atoms with van der Waals surface area (Å²) >= 11 is 0. The highest BCUT2D eigenvalue weighted by molar-refractivity contribution is 5.73. The molecular formula is C48H80NO2+. The highest BCUT2D eigenvalue weighted by Gasteiger charge is 2.05. The number of nitrogens with zero attached hydrogens (tertiary/aromatic N) is 1. The van der Waals surface area contributed by atoms with Crippen LogP contribution in [0.2, 0.25) is 0 Å². The molecule has 1 heterocycles. The topological polar surface area (TPSA) is 30.2 Å². The lowest BCUT2D eigenvalue weighted by Crippen LogP contribution is -2.32. The monoisotopic (exact) mass is 703 g/mol. The fourth-order valence-corrected chi connectivity index (χ4v) is 7.06. The van der Waals surface area contributed by atoms with Crippen LogP contribution in [-0.4, -0.2) is 5.97 Å². The first-order valence-corrected chi connectivity index (χ1v) is 22.2. The highest BCUT2D eigenvalue weighted by atomic mass is 16.5. The zero-order valence-corrected chi connectivity index (χ0v) is 33.7. The first-order chi connectivity index (χ1) is 25.2. The SMILES string of the molecule is CCCCCCCCCCCCCCCCCCCCCC[n+]1ccc(C=Cc2ccc(OC(=O)CCCCCCCCCCCC)cc2)cc1. The van der Waals surface area contributed by atoms with Gasteiger partial charge in [0.25, 0.3) is 0 Å². The molecule has 0 spiro atoms. The third-order valence-corrected chi connectivity index (χ3v) is 10.5. The third kappa shape index (κ3) is 26.9. The van der Waals surface area contributed by atoms with Gasteiger partial charge in [-0.2, -0.15) is 0 Å². The van der Waals surface area contributed by atoms with Crippen LogP contribution in [0.4, 0.5) is 0 Å². The number of ether oxygens (including phenoxy) is 1. The summed E-state index contributed by atoms with van der Waals surface area (Å²) in [5.41, 5.74) is 2.30. The van der Waals surface area contributed by atoms with Gasteiger partial charge in [0.2, 0.25) is 0 Å². The molecule has 0 unspecified atom stereocenters. The van der Waals surface area contributed by atoms with Gasteiger partial charge in [0.1, 0.15) is 12.3 Å². The van der Waals surface area contributed by atoms with Crippen molar-refractivity contribution in [2.45, 2.75) is 219 Å². The Morgan fingerprint density at radius 3 is 1.18 bits per heavy atom. The Morgan fingerprint density at radius 1 is 0.451 bits per heavy atom. The Balaban J connectivity index is 1.41. The minimum atomic E-state index is -0.120. The molecule has 51 heavy (non-hydrogen) atoms. The van der Waals surface area contributed by atoms with Crippen LogP contribution < -0.4 is 9.30 Å². The van der Waals surface area contributed by atoms with Crippen LogP contribution in [0.1, 0.15) is 224 Å². The highest BCUT2D eigenvalue weighted by Crippen LogP contribution is 2.18. The van der Waals surface area contributed by atoms with E-state index in [-0.39, 0.29) is 5.97 Å². The number of carbonyl (C=O) groups excluding carboxylic acids is 1. The molecule has 0 saturated carbocycles. The molecule has 0 fully saturated rings. The average molecular weight is 703 g/mol. The zero-order chi connectivity index (χ0) is 36.3. The van der Waals surface area contributed by atoms with Crippen LogP contribution in [-0.2, 0) is 11.3 Å². The molecule has 1 aromatic heterocycles. The molecule has 2 rings (SSSR count).